The van der Waals surface area contributed by atoms with E-state index in [1.807, 2.05) is 12.1 Å². The van der Waals surface area contributed by atoms with E-state index in [1.165, 1.54) is 0 Å². The van der Waals surface area contributed by atoms with Gasteiger partial charge in [-0.1, -0.05) is 30.1 Å². The smallest absolute Gasteiger partial charge is 0.0614 e. The van der Waals surface area contributed by atoms with Crippen molar-refractivity contribution in [1.29, 1.82) is 0 Å². The standard InChI is InChI=1S/C10H12Cl2N2/c1-2-6-5-13-9-3-7(11)8(12)4-10(9)14-6/h3-4,6,13-14H,2,5H2,1H3. The van der Waals surface area contributed by atoms with Gasteiger partial charge in [0, 0.05) is 12.6 Å². The van der Waals surface area contributed by atoms with Crippen LogP contribution in [0.15, 0.2) is 12.1 Å². The fourth-order valence-corrected chi connectivity index (χ4v) is 1.89. The average Bonchev–Trinajstić information content (AvgIpc) is 2.19. The molecule has 0 amide bonds. The number of halogens is 2. The van der Waals surface area contributed by atoms with Crippen molar-refractivity contribution in [2.45, 2.75) is 19.4 Å². The molecule has 1 heterocycles. The molecule has 0 aliphatic carbocycles. The fraction of sp³-hybridized carbons (Fsp3) is 0.400. The summed E-state index contributed by atoms with van der Waals surface area (Å²) in [5.41, 5.74) is 2.07. The third-order valence-corrected chi connectivity index (χ3v) is 3.17. The van der Waals surface area contributed by atoms with Crippen molar-refractivity contribution >= 4 is 34.6 Å². The second kappa shape index (κ2) is 3.87. The third-order valence-electron chi connectivity index (χ3n) is 2.45. The summed E-state index contributed by atoms with van der Waals surface area (Å²) >= 11 is 11.9. The number of fused-ring (bicyclic) bond motifs is 1. The van der Waals surface area contributed by atoms with Crippen molar-refractivity contribution in [1.82, 2.24) is 0 Å². The molecule has 2 rings (SSSR count). The van der Waals surface area contributed by atoms with Gasteiger partial charge >= 0.3 is 0 Å². The molecule has 0 saturated carbocycles. The van der Waals surface area contributed by atoms with Gasteiger partial charge in [-0.25, -0.2) is 0 Å². The van der Waals surface area contributed by atoms with Gasteiger partial charge in [-0.05, 0) is 18.6 Å². The molecule has 0 aromatic heterocycles. The Morgan fingerprint density at radius 2 is 1.93 bits per heavy atom. The van der Waals surface area contributed by atoms with E-state index in [1.54, 1.807) is 0 Å². The summed E-state index contributed by atoms with van der Waals surface area (Å²) in [6.45, 7) is 3.09. The summed E-state index contributed by atoms with van der Waals surface area (Å²) in [6.07, 6.45) is 1.09. The number of nitrogens with one attached hydrogen (secondary N) is 2. The van der Waals surface area contributed by atoms with E-state index >= 15 is 0 Å². The maximum absolute atomic E-state index is 5.94. The molecule has 0 saturated heterocycles. The molecule has 2 N–H and O–H groups in total. The van der Waals surface area contributed by atoms with Gasteiger partial charge < -0.3 is 10.6 Å². The minimum Gasteiger partial charge on any atom is -0.381 e. The van der Waals surface area contributed by atoms with Crippen LogP contribution >= 0.6 is 23.2 Å². The molecule has 0 radical (unpaired) electrons. The van der Waals surface area contributed by atoms with Gasteiger partial charge in [0.2, 0.25) is 0 Å². The van der Waals surface area contributed by atoms with Crippen molar-refractivity contribution in [3.63, 3.8) is 0 Å². The third kappa shape index (κ3) is 1.77. The molecule has 1 aliphatic heterocycles. The second-order valence-corrected chi connectivity index (χ2v) is 4.26. The fourth-order valence-electron chi connectivity index (χ4n) is 1.56. The zero-order valence-corrected chi connectivity index (χ0v) is 9.41. The van der Waals surface area contributed by atoms with Crippen molar-refractivity contribution in [2.24, 2.45) is 0 Å². The van der Waals surface area contributed by atoms with E-state index in [2.05, 4.69) is 17.6 Å². The Bertz CT molecular complexity index is 352. The van der Waals surface area contributed by atoms with E-state index in [9.17, 15) is 0 Å². The number of hydrogen-bond acceptors (Lipinski definition) is 2. The molecule has 1 aromatic rings. The van der Waals surface area contributed by atoms with Crippen molar-refractivity contribution in [2.75, 3.05) is 17.2 Å². The highest BCUT2D eigenvalue weighted by atomic mass is 35.5. The van der Waals surface area contributed by atoms with E-state index in [0.717, 1.165) is 24.3 Å². The summed E-state index contributed by atoms with van der Waals surface area (Å²) in [7, 11) is 0. The Morgan fingerprint density at radius 3 is 2.57 bits per heavy atom. The molecule has 0 fully saturated rings. The largest absolute Gasteiger partial charge is 0.381 e. The molecule has 76 valence electrons. The average molecular weight is 231 g/mol. The normalized spacial score (nSPS) is 19.5. The first kappa shape index (κ1) is 9.94. The Kier molecular flexibility index (Phi) is 2.75. The second-order valence-electron chi connectivity index (χ2n) is 3.44. The first-order valence-corrected chi connectivity index (χ1v) is 5.45. The van der Waals surface area contributed by atoms with Crippen molar-refractivity contribution < 1.29 is 0 Å². The Labute approximate surface area is 93.6 Å². The molecule has 14 heavy (non-hydrogen) atoms. The van der Waals surface area contributed by atoms with E-state index in [-0.39, 0.29) is 0 Å². The Morgan fingerprint density at radius 1 is 1.29 bits per heavy atom. The van der Waals surface area contributed by atoms with Gasteiger partial charge in [-0.15, -0.1) is 0 Å². The predicted molar refractivity (Wildman–Crippen MR) is 62.7 cm³/mol. The number of benzene rings is 1. The van der Waals surface area contributed by atoms with Crippen molar-refractivity contribution in [3.8, 4) is 0 Å². The zero-order chi connectivity index (χ0) is 10.1. The van der Waals surface area contributed by atoms with Crippen LogP contribution in [0.5, 0.6) is 0 Å². The highest BCUT2D eigenvalue weighted by Crippen LogP contribution is 2.34. The topological polar surface area (TPSA) is 24.1 Å². The van der Waals surface area contributed by atoms with Crippen LogP contribution in [0.1, 0.15) is 13.3 Å². The monoisotopic (exact) mass is 230 g/mol. The Balaban J connectivity index is 2.33. The minimum atomic E-state index is 0.472. The summed E-state index contributed by atoms with van der Waals surface area (Å²) in [4.78, 5) is 0. The molecule has 0 spiro atoms. The summed E-state index contributed by atoms with van der Waals surface area (Å²) < 4.78 is 0. The van der Waals surface area contributed by atoms with Crippen LogP contribution in [0.4, 0.5) is 11.4 Å². The molecule has 1 aliphatic rings. The van der Waals surface area contributed by atoms with Gasteiger partial charge in [-0.2, -0.15) is 0 Å². The van der Waals surface area contributed by atoms with Crippen LogP contribution in [0, 0.1) is 0 Å². The number of rotatable bonds is 1. The summed E-state index contributed by atoms with van der Waals surface area (Å²) in [5.74, 6) is 0. The molecule has 4 heteroatoms. The lowest BCUT2D eigenvalue weighted by Gasteiger charge is -2.27. The maximum Gasteiger partial charge on any atom is 0.0614 e. The number of hydrogen-bond donors (Lipinski definition) is 2. The lowest BCUT2D eigenvalue weighted by molar-refractivity contribution is 0.713. The van der Waals surface area contributed by atoms with E-state index in [0.29, 0.717) is 16.1 Å². The lowest BCUT2D eigenvalue weighted by Crippen LogP contribution is -2.32. The van der Waals surface area contributed by atoms with Gasteiger partial charge in [0.1, 0.15) is 0 Å². The molecular weight excluding hydrogens is 219 g/mol. The van der Waals surface area contributed by atoms with Crippen LogP contribution < -0.4 is 10.6 Å². The molecule has 0 bridgehead atoms. The highest BCUT2D eigenvalue weighted by molar-refractivity contribution is 6.42. The molecule has 1 atom stereocenters. The SMILES string of the molecule is CCC1CNc2cc(Cl)c(Cl)cc2N1. The van der Waals surface area contributed by atoms with Crippen LogP contribution in [0.2, 0.25) is 10.0 Å². The van der Waals surface area contributed by atoms with Crippen LogP contribution in [0.3, 0.4) is 0 Å². The van der Waals surface area contributed by atoms with Crippen LogP contribution in [-0.2, 0) is 0 Å². The van der Waals surface area contributed by atoms with Gasteiger partial charge in [0.15, 0.2) is 0 Å². The first-order valence-electron chi connectivity index (χ1n) is 4.70. The molecule has 1 unspecified atom stereocenters. The minimum absolute atomic E-state index is 0.472. The molecule has 2 nitrogen and oxygen atoms in total. The van der Waals surface area contributed by atoms with E-state index < -0.39 is 0 Å². The van der Waals surface area contributed by atoms with E-state index in [4.69, 9.17) is 23.2 Å². The van der Waals surface area contributed by atoms with Crippen molar-refractivity contribution in [3.05, 3.63) is 22.2 Å². The first-order chi connectivity index (χ1) is 6.70. The number of anilines is 2. The maximum atomic E-state index is 5.94. The predicted octanol–water partition coefficient (Wildman–Crippen LogP) is 3.61. The van der Waals surface area contributed by atoms with Crippen LogP contribution in [0.25, 0.3) is 0 Å². The Hall–Kier alpha value is -0.600. The highest BCUT2D eigenvalue weighted by Gasteiger charge is 2.16. The summed E-state index contributed by atoms with van der Waals surface area (Å²) in [5, 5.41) is 7.92. The van der Waals surface area contributed by atoms with Gasteiger partial charge in [0.25, 0.3) is 0 Å². The zero-order valence-electron chi connectivity index (χ0n) is 7.90. The van der Waals surface area contributed by atoms with Crippen LogP contribution in [-0.4, -0.2) is 12.6 Å². The lowest BCUT2D eigenvalue weighted by atomic mass is 10.1. The molecule has 1 aromatic carbocycles. The quantitative estimate of drug-likeness (QED) is 0.771. The molecular formula is C10H12Cl2N2. The summed E-state index contributed by atoms with van der Waals surface area (Å²) in [6, 6.07) is 4.20. The van der Waals surface area contributed by atoms with Gasteiger partial charge in [0.05, 0.1) is 21.4 Å². The van der Waals surface area contributed by atoms with Gasteiger partial charge in [-0.3, -0.25) is 0 Å².